The number of ether oxygens (including phenoxy) is 3. The molecule has 0 aromatic heterocycles. The quantitative estimate of drug-likeness (QED) is 0.367. The molecule has 0 fully saturated rings. The number of nitrogens with one attached hydrogen (secondary N) is 2. The van der Waals surface area contributed by atoms with E-state index in [9.17, 15) is 9.59 Å². The molecule has 3 aromatic carbocycles. The fraction of sp³-hybridized carbons (Fsp3) is 0.241. The van der Waals surface area contributed by atoms with Crippen molar-refractivity contribution in [1.82, 2.24) is 0 Å². The summed E-state index contributed by atoms with van der Waals surface area (Å²) in [6.07, 6.45) is 2.55. The maximum Gasteiger partial charge on any atom is 0.308 e. The Labute approximate surface area is 210 Å². The highest BCUT2D eigenvalue weighted by Crippen LogP contribution is 2.45. The van der Waals surface area contributed by atoms with Gasteiger partial charge in [0.1, 0.15) is 11.5 Å². The number of methoxy groups -OCH3 is 2. The number of benzene rings is 3. The van der Waals surface area contributed by atoms with E-state index in [1.807, 2.05) is 60.7 Å². The van der Waals surface area contributed by atoms with Crippen LogP contribution in [0.25, 0.3) is 0 Å². The smallest absolute Gasteiger partial charge is 0.308 e. The van der Waals surface area contributed by atoms with E-state index in [0.29, 0.717) is 17.9 Å². The Morgan fingerprint density at radius 3 is 2.31 bits per heavy atom. The van der Waals surface area contributed by atoms with Gasteiger partial charge >= 0.3 is 5.97 Å². The van der Waals surface area contributed by atoms with E-state index in [1.165, 1.54) is 14.0 Å². The highest BCUT2D eigenvalue weighted by Gasteiger charge is 2.40. The molecule has 0 bridgehead atoms. The number of rotatable bonds is 5. The second kappa shape index (κ2) is 9.77. The van der Waals surface area contributed by atoms with E-state index < -0.39 is 11.9 Å². The number of fused-ring (bicyclic) bond motifs is 2. The normalized spacial score (nSPS) is 20.5. The fourth-order valence-corrected chi connectivity index (χ4v) is 4.96. The molecule has 3 aromatic rings. The number of esters is 1. The maximum atomic E-state index is 13.7. The third-order valence-electron chi connectivity index (χ3n) is 6.68. The van der Waals surface area contributed by atoms with Crippen LogP contribution in [-0.4, -0.2) is 26.0 Å². The third kappa shape index (κ3) is 4.52. The number of hydrogen-bond acceptors (Lipinski definition) is 7. The summed E-state index contributed by atoms with van der Waals surface area (Å²) in [4.78, 5) is 25.3. The Morgan fingerprint density at radius 2 is 1.61 bits per heavy atom. The molecule has 36 heavy (non-hydrogen) atoms. The highest BCUT2D eigenvalue weighted by atomic mass is 16.6. The van der Waals surface area contributed by atoms with Gasteiger partial charge in [-0.3, -0.25) is 9.59 Å². The Kier molecular flexibility index (Phi) is 6.38. The van der Waals surface area contributed by atoms with Gasteiger partial charge < -0.3 is 24.8 Å². The molecule has 7 nitrogen and oxygen atoms in total. The minimum atomic E-state index is -0.434. The summed E-state index contributed by atoms with van der Waals surface area (Å²) in [7, 11) is 3.17. The number of carbonyl (C=O) groups excluding carboxylic acids is 2. The van der Waals surface area contributed by atoms with Gasteiger partial charge in [-0.05, 0) is 47.5 Å². The molecule has 184 valence electrons. The average Bonchev–Trinajstić information content (AvgIpc) is 3.05. The van der Waals surface area contributed by atoms with Crippen LogP contribution in [0.3, 0.4) is 0 Å². The predicted octanol–water partition coefficient (Wildman–Crippen LogP) is 5.46. The van der Waals surface area contributed by atoms with E-state index in [-0.39, 0.29) is 17.7 Å². The van der Waals surface area contributed by atoms with Crippen molar-refractivity contribution < 1.29 is 23.8 Å². The molecule has 1 heterocycles. The first-order valence-corrected chi connectivity index (χ1v) is 11.8. The van der Waals surface area contributed by atoms with Crippen LogP contribution < -0.4 is 24.8 Å². The summed E-state index contributed by atoms with van der Waals surface area (Å²) in [6.45, 7) is 1.35. The maximum absolute atomic E-state index is 13.7. The summed E-state index contributed by atoms with van der Waals surface area (Å²) in [6, 6.07) is 20.8. The zero-order valence-electron chi connectivity index (χ0n) is 20.4. The van der Waals surface area contributed by atoms with Crippen LogP contribution in [0.15, 0.2) is 78.5 Å². The lowest BCUT2D eigenvalue weighted by Gasteiger charge is -2.32. The van der Waals surface area contributed by atoms with Crippen molar-refractivity contribution in [1.29, 1.82) is 0 Å². The molecule has 2 aliphatic rings. The van der Waals surface area contributed by atoms with Gasteiger partial charge in [-0.25, -0.2) is 0 Å². The fourth-order valence-electron chi connectivity index (χ4n) is 4.96. The van der Waals surface area contributed by atoms with E-state index in [0.717, 1.165) is 33.9 Å². The van der Waals surface area contributed by atoms with Crippen molar-refractivity contribution in [2.45, 2.75) is 25.3 Å². The van der Waals surface area contributed by atoms with Gasteiger partial charge in [0.05, 0.1) is 37.6 Å². The van der Waals surface area contributed by atoms with Crippen LogP contribution >= 0.6 is 0 Å². The topological polar surface area (TPSA) is 85.9 Å². The molecule has 3 unspecified atom stereocenters. The SMILES string of the molecule is COc1ccc(C2C=C3Nc4ccccc4NC(c4ccc(OC(C)=O)c(OC)c4)C3C(=O)C2)cc1. The molecule has 0 saturated carbocycles. The van der Waals surface area contributed by atoms with Crippen molar-refractivity contribution in [2.24, 2.45) is 5.92 Å². The summed E-state index contributed by atoms with van der Waals surface area (Å²) in [5.41, 5.74) is 4.58. The Morgan fingerprint density at radius 1 is 0.889 bits per heavy atom. The van der Waals surface area contributed by atoms with Crippen LogP contribution in [0.5, 0.6) is 17.2 Å². The minimum absolute atomic E-state index is 0.0473. The second-order valence-electron chi connectivity index (χ2n) is 8.95. The van der Waals surface area contributed by atoms with Gasteiger partial charge in [-0.15, -0.1) is 0 Å². The van der Waals surface area contributed by atoms with Crippen LogP contribution in [0.1, 0.15) is 36.4 Å². The van der Waals surface area contributed by atoms with Crippen LogP contribution in [0.4, 0.5) is 11.4 Å². The molecule has 3 atom stereocenters. The van der Waals surface area contributed by atoms with Gasteiger partial charge in [0.25, 0.3) is 0 Å². The summed E-state index contributed by atoms with van der Waals surface area (Å²) >= 11 is 0. The summed E-state index contributed by atoms with van der Waals surface area (Å²) in [5.74, 6) is 0.776. The van der Waals surface area contributed by atoms with Crippen molar-refractivity contribution >= 4 is 23.1 Å². The first-order chi connectivity index (χ1) is 17.5. The molecule has 1 aliphatic carbocycles. The lowest BCUT2D eigenvalue weighted by Crippen LogP contribution is -2.33. The first kappa shape index (κ1) is 23.5. The summed E-state index contributed by atoms with van der Waals surface area (Å²) in [5, 5.41) is 7.12. The van der Waals surface area contributed by atoms with Crippen LogP contribution in [0, 0.1) is 5.92 Å². The molecule has 0 amide bonds. The number of ketones is 1. The molecule has 0 saturated heterocycles. The number of Topliss-reactive ketones (excluding diaryl/α,β-unsaturated/α-hetero) is 1. The zero-order chi connectivity index (χ0) is 25.2. The Bertz CT molecular complexity index is 1330. The standard InChI is InChI=1S/C29H28N2O5/c1-17(32)36-26-13-10-19(16-27(26)35-3)29-28-24(30-22-6-4-5-7-23(22)31-29)14-20(15-25(28)33)18-8-11-21(34-2)12-9-18/h4-14,16,20,28-31H,15H2,1-3H3. The second-order valence-corrected chi connectivity index (χ2v) is 8.95. The number of carbonyl (C=O) groups is 2. The molecule has 0 spiro atoms. The average molecular weight is 485 g/mol. The van der Waals surface area contributed by atoms with Gasteiger partial charge in [-0.1, -0.05) is 36.4 Å². The Hall–Kier alpha value is -4.26. The van der Waals surface area contributed by atoms with Crippen molar-refractivity contribution in [2.75, 3.05) is 24.9 Å². The van der Waals surface area contributed by atoms with E-state index in [1.54, 1.807) is 13.2 Å². The number of para-hydroxylation sites is 2. The van der Waals surface area contributed by atoms with Gasteiger partial charge in [0, 0.05) is 25.0 Å². The molecular weight excluding hydrogens is 456 g/mol. The van der Waals surface area contributed by atoms with E-state index >= 15 is 0 Å². The first-order valence-electron chi connectivity index (χ1n) is 11.8. The Balaban J connectivity index is 1.58. The lowest BCUT2D eigenvalue weighted by molar-refractivity contribution is -0.132. The van der Waals surface area contributed by atoms with Crippen molar-refractivity contribution in [3.63, 3.8) is 0 Å². The van der Waals surface area contributed by atoms with Gasteiger partial charge in [0.2, 0.25) is 0 Å². The summed E-state index contributed by atoms with van der Waals surface area (Å²) < 4.78 is 16.1. The number of hydrogen-bond donors (Lipinski definition) is 2. The van der Waals surface area contributed by atoms with Gasteiger partial charge in [0.15, 0.2) is 11.5 Å². The molecule has 1 aliphatic heterocycles. The largest absolute Gasteiger partial charge is 0.497 e. The number of anilines is 2. The molecule has 2 N–H and O–H groups in total. The van der Waals surface area contributed by atoms with Crippen molar-refractivity contribution in [3.8, 4) is 17.2 Å². The van der Waals surface area contributed by atoms with E-state index in [2.05, 4.69) is 16.7 Å². The van der Waals surface area contributed by atoms with Crippen LogP contribution in [0.2, 0.25) is 0 Å². The third-order valence-corrected chi connectivity index (χ3v) is 6.68. The lowest BCUT2D eigenvalue weighted by atomic mass is 9.76. The van der Waals surface area contributed by atoms with Crippen molar-refractivity contribution in [3.05, 3.63) is 89.6 Å². The molecule has 5 rings (SSSR count). The monoisotopic (exact) mass is 484 g/mol. The zero-order valence-corrected chi connectivity index (χ0v) is 20.4. The predicted molar refractivity (Wildman–Crippen MR) is 138 cm³/mol. The number of allylic oxidation sites excluding steroid dienone is 1. The van der Waals surface area contributed by atoms with Gasteiger partial charge in [-0.2, -0.15) is 0 Å². The van der Waals surface area contributed by atoms with Crippen LogP contribution in [-0.2, 0) is 9.59 Å². The molecule has 0 radical (unpaired) electrons. The molecule has 7 heteroatoms. The minimum Gasteiger partial charge on any atom is -0.497 e. The molecular formula is C29H28N2O5. The van der Waals surface area contributed by atoms with E-state index in [4.69, 9.17) is 14.2 Å². The highest BCUT2D eigenvalue weighted by molar-refractivity contribution is 5.90.